The van der Waals surface area contributed by atoms with E-state index in [9.17, 15) is 0 Å². The van der Waals surface area contributed by atoms with Gasteiger partial charge in [0.1, 0.15) is 11.6 Å². The van der Waals surface area contributed by atoms with Crippen molar-refractivity contribution in [3.05, 3.63) is 29.5 Å². The second-order valence-corrected chi connectivity index (χ2v) is 5.31. The molecule has 2 aliphatic heterocycles. The quantitative estimate of drug-likeness (QED) is 0.573. The summed E-state index contributed by atoms with van der Waals surface area (Å²) in [6.45, 7) is 0.968. The van der Waals surface area contributed by atoms with Crippen LogP contribution in [0.5, 0.6) is 5.75 Å². The monoisotopic (exact) mass is 286 g/mol. The fraction of sp³-hybridized carbons (Fsp3) is 0.357. The number of hydrazone groups is 1. The molecule has 0 saturated carbocycles. The summed E-state index contributed by atoms with van der Waals surface area (Å²) in [7, 11) is 1.70. The minimum Gasteiger partial charge on any atom is -0.497 e. The molecule has 0 saturated heterocycles. The van der Waals surface area contributed by atoms with Gasteiger partial charge in [0.25, 0.3) is 0 Å². The van der Waals surface area contributed by atoms with Gasteiger partial charge in [0.15, 0.2) is 0 Å². The molecule has 7 nitrogen and oxygen atoms in total. The molecule has 1 aromatic carbocycles. The maximum Gasteiger partial charge on any atom is 0.141 e. The van der Waals surface area contributed by atoms with Gasteiger partial charge in [0.05, 0.1) is 13.2 Å². The maximum atomic E-state index is 5.34. The Morgan fingerprint density at radius 2 is 2.33 bits per heavy atom. The first-order valence-electron chi connectivity index (χ1n) is 7.09. The van der Waals surface area contributed by atoms with Crippen LogP contribution in [0.25, 0.3) is 10.9 Å². The summed E-state index contributed by atoms with van der Waals surface area (Å²) >= 11 is 0. The highest BCUT2D eigenvalue weighted by molar-refractivity contribution is 5.87. The number of aromatic nitrogens is 1. The zero-order valence-electron chi connectivity index (χ0n) is 11.8. The highest BCUT2D eigenvalue weighted by atomic mass is 16.5. The molecule has 2 aromatic rings. The van der Waals surface area contributed by atoms with Gasteiger partial charge in [-0.25, -0.2) is 5.53 Å². The van der Waals surface area contributed by atoms with Crippen LogP contribution >= 0.6 is 0 Å². The molecule has 3 heterocycles. The number of nitrogens with one attached hydrogen (secondary N) is 5. The van der Waals surface area contributed by atoms with Crippen LogP contribution in [0.15, 0.2) is 23.3 Å². The van der Waals surface area contributed by atoms with Gasteiger partial charge < -0.3 is 15.0 Å². The van der Waals surface area contributed by atoms with Crippen LogP contribution in [-0.4, -0.2) is 24.5 Å². The van der Waals surface area contributed by atoms with Gasteiger partial charge >= 0.3 is 0 Å². The molecule has 0 radical (unpaired) electrons. The zero-order valence-corrected chi connectivity index (χ0v) is 11.8. The SMILES string of the molecule is COc1ccc2[nH]c3c(c2c1)CCNC3CC1=NNNN1. The van der Waals surface area contributed by atoms with Crippen molar-refractivity contribution < 1.29 is 4.74 Å². The number of fused-ring (bicyclic) bond motifs is 3. The molecular formula is C14H18N6O. The fourth-order valence-electron chi connectivity index (χ4n) is 3.10. The number of H-pyrrole nitrogens is 1. The Bertz CT molecular complexity index is 707. The van der Waals surface area contributed by atoms with Crippen molar-refractivity contribution in [1.29, 1.82) is 0 Å². The summed E-state index contributed by atoms with van der Waals surface area (Å²) in [6, 6.07) is 6.42. The molecule has 110 valence electrons. The number of benzene rings is 1. The largest absolute Gasteiger partial charge is 0.497 e. The molecule has 1 aromatic heterocycles. The molecule has 0 bridgehead atoms. The van der Waals surface area contributed by atoms with Gasteiger partial charge in [-0.2, -0.15) is 0 Å². The highest BCUT2D eigenvalue weighted by Gasteiger charge is 2.26. The first kappa shape index (κ1) is 12.5. The van der Waals surface area contributed by atoms with E-state index < -0.39 is 0 Å². The molecule has 1 unspecified atom stereocenters. The summed E-state index contributed by atoms with van der Waals surface area (Å²) < 4.78 is 5.34. The minimum absolute atomic E-state index is 0.236. The summed E-state index contributed by atoms with van der Waals surface area (Å²) in [5.74, 6) is 1.80. The summed E-state index contributed by atoms with van der Waals surface area (Å²) in [4.78, 5) is 3.55. The number of rotatable bonds is 3. The lowest BCUT2D eigenvalue weighted by molar-refractivity contribution is 0.415. The van der Waals surface area contributed by atoms with E-state index in [-0.39, 0.29) is 6.04 Å². The second-order valence-electron chi connectivity index (χ2n) is 5.31. The molecule has 0 fully saturated rings. The molecule has 4 rings (SSSR count). The number of amidine groups is 1. The Morgan fingerprint density at radius 1 is 1.38 bits per heavy atom. The third kappa shape index (κ3) is 2.10. The number of methoxy groups -OCH3 is 1. The molecule has 0 spiro atoms. The van der Waals surface area contributed by atoms with E-state index in [2.05, 4.69) is 44.0 Å². The highest BCUT2D eigenvalue weighted by Crippen LogP contribution is 2.33. The van der Waals surface area contributed by atoms with E-state index in [1.54, 1.807) is 7.11 Å². The van der Waals surface area contributed by atoms with Gasteiger partial charge in [-0.15, -0.1) is 10.6 Å². The summed E-state index contributed by atoms with van der Waals surface area (Å²) in [5.41, 5.74) is 12.3. The molecule has 0 aliphatic carbocycles. The van der Waals surface area contributed by atoms with Gasteiger partial charge in [-0.05, 0) is 36.7 Å². The van der Waals surface area contributed by atoms with Crippen LogP contribution in [-0.2, 0) is 6.42 Å². The third-order valence-electron chi connectivity index (χ3n) is 4.11. The van der Waals surface area contributed by atoms with Crippen molar-refractivity contribution in [2.75, 3.05) is 13.7 Å². The van der Waals surface area contributed by atoms with Crippen molar-refractivity contribution in [2.45, 2.75) is 18.9 Å². The van der Waals surface area contributed by atoms with Crippen LogP contribution in [0.2, 0.25) is 0 Å². The number of aromatic amines is 1. The normalized spacial score (nSPS) is 20.6. The fourth-order valence-corrected chi connectivity index (χ4v) is 3.10. The maximum absolute atomic E-state index is 5.34. The minimum atomic E-state index is 0.236. The van der Waals surface area contributed by atoms with Crippen molar-refractivity contribution >= 4 is 16.7 Å². The Labute approximate surface area is 122 Å². The van der Waals surface area contributed by atoms with E-state index in [0.717, 1.165) is 36.5 Å². The van der Waals surface area contributed by atoms with Crippen molar-refractivity contribution in [2.24, 2.45) is 5.10 Å². The average molecular weight is 286 g/mol. The van der Waals surface area contributed by atoms with E-state index in [1.165, 1.54) is 16.6 Å². The first-order chi connectivity index (χ1) is 10.3. The Kier molecular flexibility index (Phi) is 2.94. The number of ether oxygens (including phenoxy) is 1. The number of hydrazine groups is 2. The smallest absolute Gasteiger partial charge is 0.141 e. The van der Waals surface area contributed by atoms with Gasteiger partial charge in [0.2, 0.25) is 0 Å². The van der Waals surface area contributed by atoms with Crippen molar-refractivity contribution in [3.63, 3.8) is 0 Å². The average Bonchev–Trinajstić information content (AvgIpc) is 3.14. The lowest BCUT2D eigenvalue weighted by atomic mass is 9.97. The standard InChI is InChI=1S/C14H18N6O/c1-21-8-2-3-11-10(6-8)9-4-5-15-12(14(9)16-11)7-13-17-19-20-18-13/h2-3,6,12,15-16,19-20H,4-5,7H2,1H3,(H,17,18). The topological polar surface area (TPSA) is 85.5 Å². The van der Waals surface area contributed by atoms with Crippen LogP contribution < -0.4 is 26.5 Å². The van der Waals surface area contributed by atoms with E-state index in [1.807, 2.05) is 6.07 Å². The predicted octanol–water partition coefficient (Wildman–Crippen LogP) is 0.679. The van der Waals surface area contributed by atoms with E-state index >= 15 is 0 Å². The predicted molar refractivity (Wildman–Crippen MR) is 80.8 cm³/mol. The molecule has 5 N–H and O–H groups in total. The number of hydrogen-bond donors (Lipinski definition) is 5. The molecule has 21 heavy (non-hydrogen) atoms. The molecule has 2 aliphatic rings. The van der Waals surface area contributed by atoms with Gasteiger partial charge in [0, 0.05) is 23.0 Å². The lowest BCUT2D eigenvalue weighted by Gasteiger charge is -2.24. The molecule has 1 atom stereocenters. The van der Waals surface area contributed by atoms with Crippen LogP contribution in [0, 0.1) is 0 Å². The van der Waals surface area contributed by atoms with Crippen LogP contribution in [0.4, 0.5) is 0 Å². The zero-order chi connectivity index (χ0) is 14.2. The van der Waals surface area contributed by atoms with Gasteiger partial charge in [-0.3, -0.25) is 5.43 Å². The molecule has 7 heteroatoms. The van der Waals surface area contributed by atoms with Crippen LogP contribution in [0.3, 0.4) is 0 Å². The molecule has 0 amide bonds. The Hall–Kier alpha value is -2.25. The first-order valence-corrected chi connectivity index (χ1v) is 7.09. The Morgan fingerprint density at radius 3 is 3.14 bits per heavy atom. The van der Waals surface area contributed by atoms with Crippen LogP contribution in [0.1, 0.15) is 23.7 Å². The number of hydrogen-bond acceptors (Lipinski definition) is 6. The van der Waals surface area contributed by atoms with Crippen molar-refractivity contribution in [3.8, 4) is 5.75 Å². The third-order valence-corrected chi connectivity index (χ3v) is 4.11. The summed E-state index contributed by atoms with van der Waals surface area (Å²) in [6.07, 6.45) is 1.83. The Balaban J connectivity index is 1.73. The summed E-state index contributed by atoms with van der Waals surface area (Å²) in [5, 5.41) is 8.97. The lowest BCUT2D eigenvalue weighted by Crippen LogP contribution is -2.38. The van der Waals surface area contributed by atoms with Gasteiger partial charge in [-0.1, -0.05) is 0 Å². The molecular weight excluding hydrogens is 268 g/mol. The van der Waals surface area contributed by atoms with E-state index in [0.29, 0.717) is 0 Å². The number of nitrogens with zero attached hydrogens (tertiary/aromatic N) is 1. The van der Waals surface area contributed by atoms with E-state index in [4.69, 9.17) is 4.74 Å². The second kappa shape index (κ2) is 4.94. The van der Waals surface area contributed by atoms with Crippen molar-refractivity contribution in [1.82, 2.24) is 26.8 Å².